The molecule has 2 aromatic rings. The minimum atomic E-state index is -0.101. The summed E-state index contributed by atoms with van der Waals surface area (Å²) in [5.41, 5.74) is 0.824. The second kappa shape index (κ2) is 5.89. The van der Waals surface area contributed by atoms with Gasteiger partial charge in [-0.1, -0.05) is 0 Å². The zero-order chi connectivity index (χ0) is 16.7. The Morgan fingerprint density at radius 1 is 1.21 bits per heavy atom. The fraction of sp³-hybridized carbons (Fsp3) is 0.529. The first kappa shape index (κ1) is 15.1. The fourth-order valence-electron chi connectivity index (χ4n) is 3.38. The highest BCUT2D eigenvalue weighted by atomic mass is 16.1. The van der Waals surface area contributed by atoms with Crippen molar-refractivity contribution in [1.29, 1.82) is 0 Å². The SMILES string of the molecule is Cn1ccnc(N2CCCC2Cn2nc(C3CC3)ccc2=O)c1=O. The van der Waals surface area contributed by atoms with Crippen molar-refractivity contribution in [2.45, 2.75) is 44.2 Å². The van der Waals surface area contributed by atoms with Gasteiger partial charge in [0.05, 0.1) is 18.3 Å². The predicted molar refractivity (Wildman–Crippen MR) is 90.3 cm³/mol. The van der Waals surface area contributed by atoms with Gasteiger partial charge in [0.2, 0.25) is 0 Å². The molecule has 4 rings (SSSR count). The lowest BCUT2D eigenvalue weighted by Crippen LogP contribution is -2.40. The summed E-state index contributed by atoms with van der Waals surface area (Å²) < 4.78 is 3.10. The molecule has 3 heterocycles. The van der Waals surface area contributed by atoms with Crippen molar-refractivity contribution in [3.63, 3.8) is 0 Å². The smallest absolute Gasteiger partial charge is 0.293 e. The van der Waals surface area contributed by atoms with Gasteiger partial charge in [-0.05, 0) is 31.7 Å². The molecule has 0 bridgehead atoms. The van der Waals surface area contributed by atoms with Gasteiger partial charge in [-0.3, -0.25) is 9.59 Å². The molecule has 7 heteroatoms. The van der Waals surface area contributed by atoms with Gasteiger partial charge in [-0.15, -0.1) is 0 Å². The third-order valence-electron chi connectivity index (χ3n) is 4.91. The molecular formula is C17H21N5O2. The predicted octanol–water partition coefficient (Wildman–Crippen LogP) is 0.883. The lowest BCUT2D eigenvalue weighted by atomic mass is 10.2. The minimum Gasteiger partial charge on any atom is -0.347 e. The van der Waals surface area contributed by atoms with Crippen LogP contribution in [0.3, 0.4) is 0 Å². The average molecular weight is 327 g/mol. The molecule has 7 nitrogen and oxygen atoms in total. The summed E-state index contributed by atoms with van der Waals surface area (Å²) in [4.78, 5) is 30.8. The normalized spacial score (nSPS) is 20.5. The molecule has 1 atom stereocenters. The third kappa shape index (κ3) is 2.74. The summed E-state index contributed by atoms with van der Waals surface area (Å²) in [6.45, 7) is 1.28. The second-order valence-corrected chi connectivity index (χ2v) is 6.71. The Labute approximate surface area is 139 Å². The fourth-order valence-corrected chi connectivity index (χ4v) is 3.38. The zero-order valence-electron chi connectivity index (χ0n) is 13.8. The molecule has 1 unspecified atom stereocenters. The number of rotatable bonds is 4. The van der Waals surface area contributed by atoms with Crippen molar-refractivity contribution in [3.05, 3.63) is 50.9 Å². The third-order valence-corrected chi connectivity index (χ3v) is 4.91. The van der Waals surface area contributed by atoms with Crippen LogP contribution in [0, 0.1) is 0 Å². The molecule has 0 N–H and O–H groups in total. The van der Waals surface area contributed by atoms with Gasteiger partial charge >= 0.3 is 0 Å². The molecule has 2 aromatic heterocycles. The number of hydrogen-bond donors (Lipinski definition) is 0. The molecule has 0 aromatic carbocycles. The molecule has 2 aliphatic rings. The van der Waals surface area contributed by atoms with E-state index in [1.807, 2.05) is 11.0 Å². The van der Waals surface area contributed by atoms with Crippen LogP contribution >= 0.6 is 0 Å². The van der Waals surface area contributed by atoms with Crippen LogP contribution in [-0.4, -0.2) is 31.9 Å². The number of aromatic nitrogens is 4. The van der Waals surface area contributed by atoms with Gasteiger partial charge in [0.1, 0.15) is 0 Å². The Kier molecular flexibility index (Phi) is 3.70. The number of anilines is 1. The summed E-state index contributed by atoms with van der Waals surface area (Å²) in [6.07, 6.45) is 7.53. The minimum absolute atomic E-state index is 0.0762. The molecule has 0 radical (unpaired) electrons. The Bertz CT molecular complexity index is 868. The van der Waals surface area contributed by atoms with E-state index in [2.05, 4.69) is 10.1 Å². The van der Waals surface area contributed by atoms with Gasteiger partial charge in [0, 0.05) is 38.0 Å². The average Bonchev–Trinajstić information content (AvgIpc) is 3.32. The summed E-state index contributed by atoms with van der Waals surface area (Å²) in [5, 5.41) is 4.54. The van der Waals surface area contributed by atoms with Crippen molar-refractivity contribution in [2.75, 3.05) is 11.4 Å². The molecule has 0 spiro atoms. The van der Waals surface area contributed by atoms with E-state index in [1.54, 1.807) is 30.2 Å². The molecule has 1 saturated heterocycles. The van der Waals surface area contributed by atoms with E-state index in [4.69, 9.17) is 0 Å². The topological polar surface area (TPSA) is 73.0 Å². The van der Waals surface area contributed by atoms with E-state index in [0.29, 0.717) is 18.3 Å². The maximum atomic E-state index is 12.3. The van der Waals surface area contributed by atoms with Crippen LogP contribution in [0.5, 0.6) is 0 Å². The van der Waals surface area contributed by atoms with E-state index < -0.39 is 0 Å². The quantitative estimate of drug-likeness (QED) is 0.834. The molecule has 1 aliphatic heterocycles. The molecule has 2 fully saturated rings. The van der Waals surface area contributed by atoms with Gasteiger partial charge in [0.25, 0.3) is 11.1 Å². The van der Waals surface area contributed by atoms with E-state index in [1.165, 1.54) is 4.57 Å². The van der Waals surface area contributed by atoms with Crippen LogP contribution in [0.2, 0.25) is 0 Å². The lowest BCUT2D eigenvalue weighted by molar-refractivity contribution is 0.479. The second-order valence-electron chi connectivity index (χ2n) is 6.71. The van der Waals surface area contributed by atoms with Crippen molar-refractivity contribution < 1.29 is 0 Å². The standard InChI is InChI=1S/C17H21N5O2/c1-20-10-8-18-16(17(20)24)21-9-2-3-13(21)11-22-15(23)7-6-14(19-22)12-4-5-12/h6-8,10,12-13H,2-5,9,11H2,1H3. The van der Waals surface area contributed by atoms with Crippen molar-refractivity contribution in [3.8, 4) is 0 Å². The maximum absolute atomic E-state index is 12.3. The zero-order valence-corrected chi connectivity index (χ0v) is 13.8. The lowest BCUT2D eigenvalue weighted by Gasteiger charge is -2.25. The summed E-state index contributed by atoms with van der Waals surface area (Å²) in [6, 6.07) is 3.53. The maximum Gasteiger partial charge on any atom is 0.293 e. The Morgan fingerprint density at radius 2 is 2.04 bits per heavy atom. The highest BCUT2D eigenvalue weighted by molar-refractivity contribution is 5.38. The Balaban J connectivity index is 1.62. The first-order valence-corrected chi connectivity index (χ1v) is 8.50. The van der Waals surface area contributed by atoms with Crippen LogP contribution in [0.1, 0.15) is 37.3 Å². The number of nitrogens with zero attached hydrogens (tertiary/aromatic N) is 5. The molecule has 0 amide bonds. The van der Waals surface area contributed by atoms with Gasteiger partial charge in [0.15, 0.2) is 5.82 Å². The number of hydrogen-bond acceptors (Lipinski definition) is 5. The van der Waals surface area contributed by atoms with Gasteiger partial charge in [-0.25, -0.2) is 9.67 Å². The molecular weight excluding hydrogens is 306 g/mol. The summed E-state index contributed by atoms with van der Waals surface area (Å²) in [7, 11) is 1.73. The highest BCUT2D eigenvalue weighted by Gasteiger charge is 2.30. The Morgan fingerprint density at radius 3 is 2.83 bits per heavy atom. The molecule has 24 heavy (non-hydrogen) atoms. The van der Waals surface area contributed by atoms with E-state index in [9.17, 15) is 9.59 Å². The van der Waals surface area contributed by atoms with Crippen LogP contribution in [-0.2, 0) is 13.6 Å². The summed E-state index contributed by atoms with van der Waals surface area (Å²) in [5.74, 6) is 0.980. The van der Waals surface area contributed by atoms with Crippen LogP contribution in [0.4, 0.5) is 5.82 Å². The van der Waals surface area contributed by atoms with Crippen LogP contribution in [0.25, 0.3) is 0 Å². The van der Waals surface area contributed by atoms with E-state index in [-0.39, 0.29) is 17.2 Å². The summed E-state index contributed by atoms with van der Waals surface area (Å²) >= 11 is 0. The Hall–Kier alpha value is -2.44. The molecule has 126 valence electrons. The highest BCUT2D eigenvalue weighted by Crippen LogP contribution is 2.38. The molecule has 1 aliphatic carbocycles. The van der Waals surface area contributed by atoms with E-state index >= 15 is 0 Å². The number of aryl methyl sites for hydroxylation is 1. The van der Waals surface area contributed by atoms with Crippen molar-refractivity contribution in [2.24, 2.45) is 7.05 Å². The van der Waals surface area contributed by atoms with Crippen molar-refractivity contribution in [1.82, 2.24) is 19.3 Å². The van der Waals surface area contributed by atoms with Crippen LogP contribution in [0.15, 0.2) is 34.1 Å². The van der Waals surface area contributed by atoms with E-state index in [0.717, 1.165) is 37.9 Å². The first-order chi connectivity index (χ1) is 11.6. The van der Waals surface area contributed by atoms with Gasteiger partial charge < -0.3 is 9.47 Å². The monoisotopic (exact) mass is 327 g/mol. The first-order valence-electron chi connectivity index (χ1n) is 8.50. The van der Waals surface area contributed by atoms with Crippen molar-refractivity contribution >= 4 is 5.82 Å². The van der Waals surface area contributed by atoms with Gasteiger partial charge in [-0.2, -0.15) is 5.10 Å². The largest absolute Gasteiger partial charge is 0.347 e. The van der Waals surface area contributed by atoms with Crippen LogP contribution < -0.4 is 16.0 Å². The molecule has 1 saturated carbocycles.